The Labute approximate surface area is 136 Å². The fraction of sp³-hybridized carbons (Fsp3) is 0.500. The van der Waals surface area contributed by atoms with E-state index in [0.717, 1.165) is 23.6 Å². The third kappa shape index (κ3) is 2.97. The number of carbonyl (C=O) groups is 2. The van der Waals surface area contributed by atoms with Crippen LogP contribution in [-0.4, -0.2) is 48.6 Å². The molecule has 124 valence electrons. The maximum atomic E-state index is 12.8. The van der Waals surface area contributed by atoms with Crippen molar-refractivity contribution in [3.8, 4) is 0 Å². The lowest BCUT2D eigenvalue weighted by Crippen LogP contribution is -2.50. The fourth-order valence-corrected chi connectivity index (χ4v) is 4.84. The van der Waals surface area contributed by atoms with Crippen molar-refractivity contribution in [2.24, 2.45) is 0 Å². The van der Waals surface area contributed by atoms with Gasteiger partial charge in [0.2, 0.25) is 11.8 Å². The molecule has 0 aliphatic carbocycles. The first-order chi connectivity index (χ1) is 11.0. The van der Waals surface area contributed by atoms with E-state index in [1.165, 1.54) is 12.1 Å². The van der Waals surface area contributed by atoms with Crippen molar-refractivity contribution in [1.29, 1.82) is 0 Å². The van der Waals surface area contributed by atoms with Gasteiger partial charge >= 0.3 is 0 Å². The topological polar surface area (TPSA) is 74.8 Å². The number of hydrogen-bond acceptors (Lipinski definition) is 4. The predicted octanol–water partition coefficient (Wildman–Crippen LogP) is 1.38. The molecule has 0 radical (unpaired) electrons. The zero-order valence-corrected chi connectivity index (χ0v) is 13.7. The Morgan fingerprint density at radius 1 is 1.04 bits per heavy atom. The lowest BCUT2D eigenvalue weighted by Gasteiger charge is -2.32. The molecule has 6 nitrogen and oxygen atoms in total. The second-order valence-electron chi connectivity index (χ2n) is 5.95. The lowest BCUT2D eigenvalue weighted by molar-refractivity contribution is -0.138. The van der Waals surface area contributed by atoms with Gasteiger partial charge in [0.05, 0.1) is 4.90 Å². The number of likely N-dealkylation sites (tertiary alicyclic amines) is 1. The number of hydrogen-bond donors (Lipinski definition) is 0. The summed E-state index contributed by atoms with van der Waals surface area (Å²) in [5.74, 6) is -0.737. The summed E-state index contributed by atoms with van der Waals surface area (Å²) in [6.07, 6.45) is 3.30. The van der Waals surface area contributed by atoms with Crippen LogP contribution in [0.25, 0.3) is 0 Å². The van der Waals surface area contributed by atoms with Crippen LogP contribution in [-0.2, 0) is 19.6 Å². The van der Waals surface area contributed by atoms with Crippen molar-refractivity contribution in [3.05, 3.63) is 30.3 Å². The summed E-state index contributed by atoms with van der Waals surface area (Å²) < 4.78 is 26.4. The van der Waals surface area contributed by atoms with Crippen molar-refractivity contribution < 1.29 is 18.0 Å². The molecule has 0 bridgehead atoms. The van der Waals surface area contributed by atoms with Crippen LogP contribution in [0.5, 0.6) is 0 Å². The number of benzene rings is 1. The molecule has 0 aromatic heterocycles. The monoisotopic (exact) mass is 336 g/mol. The summed E-state index contributed by atoms with van der Waals surface area (Å²) in [5.41, 5.74) is 0. The molecule has 2 saturated heterocycles. The highest BCUT2D eigenvalue weighted by molar-refractivity contribution is 7.89. The third-order valence-electron chi connectivity index (χ3n) is 4.41. The molecule has 0 unspecified atom stereocenters. The van der Waals surface area contributed by atoms with Crippen molar-refractivity contribution in [2.45, 2.75) is 43.0 Å². The molecular weight excluding hydrogens is 316 g/mol. The highest BCUT2D eigenvalue weighted by Crippen LogP contribution is 2.29. The molecular formula is C16H20N2O4S. The Kier molecular flexibility index (Phi) is 4.39. The van der Waals surface area contributed by atoms with Crippen molar-refractivity contribution >= 4 is 21.8 Å². The Balaban J connectivity index is 1.89. The van der Waals surface area contributed by atoms with Crippen LogP contribution in [0.15, 0.2) is 35.2 Å². The Morgan fingerprint density at radius 2 is 1.70 bits per heavy atom. The zero-order valence-electron chi connectivity index (χ0n) is 12.8. The zero-order chi connectivity index (χ0) is 16.4. The summed E-state index contributed by atoms with van der Waals surface area (Å²) in [4.78, 5) is 26.6. The van der Waals surface area contributed by atoms with Gasteiger partial charge < -0.3 is 4.90 Å². The smallest absolute Gasteiger partial charge is 0.267 e. The Hall–Kier alpha value is -1.89. The maximum absolute atomic E-state index is 12.8. The van der Waals surface area contributed by atoms with E-state index in [9.17, 15) is 18.0 Å². The van der Waals surface area contributed by atoms with Crippen LogP contribution in [0, 0.1) is 0 Å². The maximum Gasteiger partial charge on any atom is 0.267 e. The molecule has 7 heteroatoms. The van der Waals surface area contributed by atoms with Gasteiger partial charge in [0, 0.05) is 19.5 Å². The number of amides is 2. The SMILES string of the molecule is O=C([C@H]1CCC(=O)N1S(=O)(=O)c1ccccc1)N1CCCCC1. The van der Waals surface area contributed by atoms with Crippen LogP contribution in [0.4, 0.5) is 0 Å². The second-order valence-corrected chi connectivity index (χ2v) is 7.76. The van der Waals surface area contributed by atoms with E-state index in [1.54, 1.807) is 23.1 Å². The molecule has 0 N–H and O–H groups in total. The van der Waals surface area contributed by atoms with Gasteiger partial charge in [-0.2, -0.15) is 0 Å². The first-order valence-electron chi connectivity index (χ1n) is 7.93. The van der Waals surface area contributed by atoms with E-state index in [-0.39, 0.29) is 23.6 Å². The summed E-state index contributed by atoms with van der Waals surface area (Å²) in [5, 5.41) is 0. The standard InChI is InChI=1S/C16H20N2O4S/c19-15-10-9-14(16(20)17-11-5-2-6-12-17)18(15)23(21,22)13-7-3-1-4-8-13/h1,3-4,7-8,14H,2,5-6,9-12H2/t14-/m1/s1. The van der Waals surface area contributed by atoms with Gasteiger partial charge in [-0.1, -0.05) is 18.2 Å². The minimum Gasteiger partial charge on any atom is -0.341 e. The lowest BCUT2D eigenvalue weighted by atomic mass is 10.1. The van der Waals surface area contributed by atoms with Gasteiger partial charge in [0.25, 0.3) is 10.0 Å². The molecule has 2 aliphatic rings. The number of sulfonamides is 1. The van der Waals surface area contributed by atoms with E-state index in [1.807, 2.05) is 0 Å². The largest absolute Gasteiger partial charge is 0.341 e. The van der Waals surface area contributed by atoms with Crippen LogP contribution in [0.3, 0.4) is 0 Å². The molecule has 2 heterocycles. The summed E-state index contributed by atoms with van der Waals surface area (Å²) in [6.45, 7) is 1.28. The fourth-order valence-electron chi connectivity index (χ4n) is 3.22. The van der Waals surface area contributed by atoms with E-state index >= 15 is 0 Å². The quantitative estimate of drug-likeness (QED) is 0.836. The highest BCUT2D eigenvalue weighted by Gasteiger charge is 2.45. The van der Waals surface area contributed by atoms with E-state index in [0.29, 0.717) is 13.1 Å². The van der Waals surface area contributed by atoms with Gasteiger partial charge in [-0.3, -0.25) is 9.59 Å². The van der Waals surface area contributed by atoms with E-state index in [2.05, 4.69) is 0 Å². The van der Waals surface area contributed by atoms with Gasteiger partial charge in [-0.15, -0.1) is 0 Å². The van der Waals surface area contributed by atoms with E-state index in [4.69, 9.17) is 0 Å². The van der Waals surface area contributed by atoms with Gasteiger partial charge in [0.15, 0.2) is 0 Å². The Bertz CT molecular complexity index is 696. The number of rotatable bonds is 3. The van der Waals surface area contributed by atoms with Crippen molar-refractivity contribution in [3.63, 3.8) is 0 Å². The molecule has 0 spiro atoms. The molecule has 23 heavy (non-hydrogen) atoms. The van der Waals surface area contributed by atoms with Crippen LogP contribution >= 0.6 is 0 Å². The number of piperidine rings is 1. The van der Waals surface area contributed by atoms with Crippen molar-refractivity contribution in [2.75, 3.05) is 13.1 Å². The minimum absolute atomic E-state index is 0.0479. The van der Waals surface area contributed by atoms with E-state index < -0.39 is 22.0 Å². The molecule has 2 fully saturated rings. The normalized spacial score (nSPS) is 22.4. The van der Waals surface area contributed by atoms with Gasteiger partial charge in [-0.05, 0) is 37.8 Å². The van der Waals surface area contributed by atoms with Crippen LogP contribution in [0.2, 0.25) is 0 Å². The molecule has 3 rings (SSSR count). The van der Waals surface area contributed by atoms with Gasteiger partial charge in [-0.25, -0.2) is 12.7 Å². The summed E-state index contributed by atoms with van der Waals surface area (Å²) in [7, 11) is -3.98. The molecule has 0 saturated carbocycles. The van der Waals surface area contributed by atoms with Crippen LogP contribution < -0.4 is 0 Å². The van der Waals surface area contributed by atoms with Crippen LogP contribution in [0.1, 0.15) is 32.1 Å². The summed E-state index contributed by atoms with van der Waals surface area (Å²) >= 11 is 0. The van der Waals surface area contributed by atoms with Crippen molar-refractivity contribution in [1.82, 2.24) is 9.21 Å². The van der Waals surface area contributed by atoms with Gasteiger partial charge in [0.1, 0.15) is 6.04 Å². The average Bonchev–Trinajstić information content (AvgIpc) is 2.98. The highest BCUT2D eigenvalue weighted by atomic mass is 32.2. The third-order valence-corrected chi connectivity index (χ3v) is 6.26. The average molecular weight is 336 g/mol. The summed E-state index contributed by atoms with van der Waals surface area (Å²) in [6, 6.07) is 6.92. The number of nitrogens with zero attached hydrogens (tertiary/aromatic N) is 2. The molecule has 2 amide bonds. The molecule has 1 atom stereocenters. The first-order valence-corrected chi connectivity index (χ1v) is 9.37. The molecule has 2 aliphatic heterocycles. The minimum atomic E-state index is -3.98. The predicted molar refractivity (Wildman–Crippen MR) is 83.9 cm³/mol. The molecule has 1 aromatic carbocycles. The second kappa shape index (κ2) is 6.31. The Morgan fingerprint density at radius 3 is 2.35 bits per heavy atom. The molecule has 1 aromatic rings. The first kappa shape index (κ1) is 16.0. The number of carbonyl (C=O) groups excluding carboxylic acids is 2.